The highest BCUT2D eigenvalue weighted by Crippen LogP contribution is 2.40. The summed E-state index contributed by atoms with van der Waals surface area (Å²) in [6.45, 7) is 0. The first-order valence-electron chi connectivity index (χ1n) is 6.58. The molecule has 9 nitrogen and oxygen atoms in total. The minimum absolute atomic E-state index is 0.00782. The lowest BCUT2D eigenvalue weighted by atomic mass is 10.3. The molecule has 14 heteroatoms. The quantitative estimate of drug-likeness (QED) is 0.428. The number of nitrogens with zero attached hydrogens (tertiary/aromatic N) is 2. The van der Waals surface area contributed by atoms with E-state index in [1.54, 1.807) is 18.2 Å². The summed E-state index contributed by atoms with van der Waals surface area (Å²) in [6.07, 6.45) is 0. The smallest absolute Gasteiger partial charge is 0.251 e. The zero-order chi connectivity index (χ0) is 19.1. The second-order valence-corrected chi connectivity index (χ2v) is 9.04. The average molecular weight is 454 g/mol. The van der Waals surface area contributed by atoms with Gasteiger partial charge in [0, 0.05) is 14.1 Å². The molecule has 0 spiro atoms. The van der Waals surface area contributed by atoms with Gasteiger partial charge in [-0.25, -0.2) is 13.6 Å². The van der Waals surface area contributed by atoms with Crippen molar-refractivity contribution in [2.45, 2.75) is 4.21 Å². The topological polar surface area (TPSA) is 153 Å². The number of anilines is 4. The molecule has 0 radical (unpaired) electrons. The normalized spacial score (nSPS) is 12.2. The molecule has 1 atom stereocenters. The zero-order valence-electron chi connectivity index (χ0n) is 12.4. The van der Waals surface area contributed by atoms with Crippen molar-refractivity contribution in [1.82, 2.24) is 8.75 Å². The van der Waals surface area contributed by atoms with Crippen LogP contribution in [0.2, 0.25) is 10.0 Å². The zero-order valence-corrected chi connectivity index (χ0v) is 16.4. The molecule has 0 aliphatic rings. The summed E-state index contributed by atoms with van der Waals surface area (Å²) < 4.78 is 41.6. The van der Waals surface area contributed by atoms with Gasteiger partial charge in [0.25, 0.3) is 10.0 Å². The maximum absolute atomic E-state index is 11.7. The maximum Gasteiger partial charge on any atom is 0.251 e. The van der Waals surface area contributed by atoms with Crippen molar-refractivity contribution < 1.29 is 18.1 Å². The second kappa shape index (κ2) is 7.15. The molecule has 0 bridgehead atoms. The van der Waals surface area contributed by atoms with Crippen LogP contribution >= 0.6 is 45.7 Å². The third-order valence-electron chi connectivity index (χ3n) is 3.01. The van der Waals surface area contributed by atoms with Crippen LogP contribution in [0, 0.1) is 0 Å². The van der Waals surface area contributed by atoms with Crippen molar-refractivity contribution >= 4 is 78.7 Å². The molecular weight excluding hydrogens is 445 g/mol. The van der Waals surface area contributed by atoms with Gasteiger partial charge in [-0.05, 0) is 12.1 Å². The summed E-state index contributed by atoms with van der Waals surface area (Å²) >= 11 is 10.8. The standard InChI is InChI=1S/C12H9Cl2N5O4S3/c13-5-2-1-3-6(8(5)14)16-10-11(19-25(21)18-10)17-7-4-24-12(9(7)20)26(15,22)23/h1-4,20H,(H,16,18)(H,17,19)(H2,15,22,23). The number of primary sulfonamides is 1. The Morgan fingerprint density at radius 2 is 1.81 bits per heavy atom. The third-order valence-corrected chi connectivity index (χ3v) is 6.96. The van der Waals surface area contributed by atoms with Crippen LogP contribution in [-0.2, 0) is 10.0 Å². The van der Waals surface area contributed by atoms with E-state index in [0.717, 1.165) is 11.3 Å². The van der Waals surface area contributed by atoms with Gasteiger partial charge in [-0.2, -0.15) is 0 Å². The van der Waals surface area contributed by atoms with E-state index in [1.807, 2.05) is 0 Å². The summed E-state index contributed by atoms with van der Waals surface area (Å²) in [5.74, 6) is -0.498. The van der Waals surface area contributed by atoms with Gasteiger partial charge in [-0.3, -0.25) is 0 Å². The minimum Gasteiger partial charge on any atom is -0.546 e. The SMILES string of the molecule is NS(=O)(=O)c1scc(Nc2n[s+]([O-])nc2Nc2cccc(Cl)c2Cl)c1O. The minimum atomic E-state index is -4.08. The molecule has 3 aromatic rings. The van der Waals surface area contributed by atoms with Crippen molar-refractivity contribution in [2.75, 3.05) is 10.6 Å². The Balaban J connectivity index is 1.93. The van der Waals surface area contributed by atoms with Crippen LogP contribution in [0.15, 0.2) is 27.8 Å². The van der Waals surface area contributed by atoms with Gasteiger partial charge in [-0.15, -0.1) is 11.3 Å². The fourth-order valence-electron chi connectivity index (χ4n) is 1.91. The van der Waals surface area contributed by atoms with E-state index in [-0.39, 0.29) is 22.3 Å². The highest BCUT2D eigenvalue weighted by atomic mass is 35.5. The lowest BCUT2D eigenvalue weighted by Crippen LogP contribution is -2.10. The maximum atomic E-state index is 11.7. The number of benzene rings is 1. The Morgan fingerprint density at radius 3 is 2.38 bits per heavy atom. The van der Waals surface area contributed by atoms with Crippen LogP contribution in [0.1, 0.15) is 0 Å². The molecule has 2 aromatic heterocycles. The summed E-state index contributed by atoms with van der Waals surface area (Å²) in [5, 5.41) is 22.4. The average Bonchev–Trinajstić information content (AvgIpc) is 3.07. The summed E-state index contributed by atoms with van der Waals surface area (Å²) in [4.78, 5) is 0. The number of hydrogen-bond acceptors (Lipinski definition) is 9. The number of nitrogens with one attached hydrogen (secondary N) is 2. The molecule has 0 aliphatic carbocycles. The van der Waals surface area contributed by atoms with Crippen LogP contribution < -0.4 is 15.8 Å². The number of nitrogens with two attached hydrogens (primary N) is 1. The second-order valence-electron chi connectivity index (χ2n) is 4.79. The van der Waals surface area contributed by atoms with Crippen molar-refractivity contribution in [1.29, 1.82) is 0 Å². The number of halogens is 2. The van der Waals surface area contributed by atoms with Crippen molar-refractivity contribution in [2.24, 2.45) is 5.14 Å². The van der Waals surface area contributed by atoms with Gasteiger partial charge in [0.05, 0.1) is 21.4 Å². The Kier molecular flexibility index (Phi) is 5.25. The highest BCUT2D eigenvalue weighted by Gasteiger charge is 2.23. The Bertz CT molecular complexity index is 1080. The Morgan fingerprint density at radius 1 is 1.19 bits per heavy atom. The third kappa shape index (κ3) is 3.86. The molecule has 0 saturated carbocycles. The van der Waals surface area contributed by atoms with Gasteiger partial charge in [0.1, 0.15) is 0 Å². The number of hydrogen-bond donors (Lipinski definition) is 4. The Labute approximate surface area is 164 Å². The first-order chi connectivity index (χ1) is 12.2. The number of aromatic nitrogens is 2. The lowest BCUT2D eigenvalue weighted by molar-refractivity contribution is 0.466. The number of sulfonamides is 1. The number of thiophene rings is 1. The van der Waals surface area contributed by atoms with E-state index in [9.17, 15) is 18.1 Å². The van der Waals surface area contributed by atoms with E-state index in [0.29, 0.717) is 10.7 Å². The highest BCUT2D eigenvalue weighted by molar-refractivity contribution is 7.91. The van der Waals surface area contributed by atoms with E-state index in [1.165, 1.54) is 5.38 Å². The molecule has 2 heterocycles. The molecule has 5 N–H and O–H groups in total. The Hall–Kier alpha value is -1.67. The molecular formula is C12H9Cl2N5O4S3. The van der Waals surface area contributed by atoms with E-state index in [4.69, 9.17) is 28.3 Å². The van der Waals surface area contributed by atoms with Gasteiger partial charge in [0.2, 0.25) is 11.6 Å². The monoisotopic (exact) mass is 453 g/mol. The molecule has 1 aromatic carbocycles. The number of rotatable bonds is 5. The molecule has 0 fully saturated rings. The predicted molar refractivity (Wildman–Crippen MR) is 101 cm³/mol. The molecule has 26 heavy (non-hydrogen) atoms. The predicted octanol–water partition coefficient (Wildman–Crippen LogP) is 3.41. The van der Waals surface area contributed by atoms with Gasteiger partial charge < -0.3 is 20.3 Å². The molecule has 3 rings (SSSR count). The molecule has 138 valence electrons. The summed E-state index contributed by atoms with van der Waals surface area (Å²) in [5.41, 5.74) is 0.412. The van der Waals surface area contributed by atoms with Crippen LogP contribution in [0.5, 0.6) is 5.75 Å². The molecule has 0 saturated heterocycles. The number of aromatic hydroxyl groups is 1. The lowest BCUT2D eigenvalue weighted by Gasteiger charge is -2.07. The molecule has 0 amide bonds. The van der Waals surface area contributed by atoms with Gasteiger partial charge in [-0.1, -0.05) is 29.3 Å². The summed E-state index contributed by atoms with van der Waals surface area (Å²) in [7, 11) is -4.08. The van der Waals surface area contributed by atoms with E-state index >= 15 is 0 Å². The fourth-order valence-corrected chi connectivity index (χ4v) is 4.55. The van der Waals surface area contributed by atoms with Crippen LogP contribution in [0.4, 0.5) is 23.0 Å². The molecule has 1 unspecified atom stereocenters. The largest absolute Gasteiger partial charge is 0.546 e. The molecule has 0 aliphatic heterocycles. The van der Waals surface area contributed by atoms with Crippen LogP contribution in [-0.4, -0.2) is 26.8 Å². The fraction of sp³-hybridized carbons (Fsp3) is 0. The van der Waals surface area contributed by atoms with E-state index < -0.39 is 31.1 Å². The van der Waals surface area contributed by atoms with Crippen molar-refractivity contribution in [3.63, 3.8) is 0 Å². The van der Waals surface area contributed by atoms with Crippen LogP contribution in [0.25, 0.3) is 0 Å². The first kappa shape index (κ1) is 19.1. The van der Waals surface area contributed by atoms with E-state index in [2.05, 4.69) is 19.4 Å². The van der Waals surface area contributed by atoms with Crippen molar-refractivity contribution in [3.05, 3.63) is 33.6 Å². The van der Waals surface area contributed by atoms with Crippen LogP contribution in [0.3, 0.4) is 0 Å². The summed E-state index contributed by atoms with van der Waals surface area (Å²) in [6, 6.07) is 4.86. The van der Waals surface area contributed by atoms with Gasteiger partial charge in [0.15, 0.2) is 21.1 Å². The van der Waals surface area contributed by atoms with Crippen molar-refractivity contribution in [3.8, 4) is 5.75 Å². The van der Waals surface area contributed by atoms with Gasteiger partial charge >= 0.3 is 0 Å². The first-order valence-corrected chi connectivity index (χ1v) is 10.8.